The predicted molar refractivity (Wildman–Crippen MR) is 151 cm³/mol. The van der Waals surface area contributed by atoms with Crippen LogP contribution in [0.1, 0.15) is 28.5 Å². The van der Waals surface area contributed by atoms with Gasteiger partial charge in [-0.2, -0.15) is 10.2 Å². The van der Waals surface area contributed by atoms with Crippen molar-refractivity contribution in [2.75, 3.05) is 35.8 Å². The van der Waals surface area contributed by atoms with E-state index in [1.54, 1.807) is 36.3 Å². The first-order valence-corrected chi connectivity index (χ1v) is 13.0. The Hall–Kier alpha value is -4.97. The highest BCUT2D eigenvalue weighted by atomic mass is 16.5. The number of carbonyl (C=O) groups excluding carboxylic acids is 1. The molecule has 0 radical (unpaired) electrons. The molecule has 4 aromatic heterocycles. The summed E-state index contributed by atoms with van der Waals surface area (Å²) in [5.74, 6) is -0.0280. The number of aromatic amines is 1. The molecule has 6 heterocycles. The second kappa shape index (κ2) is 9.35. The zero-order chi connectivity index (χ0) is 27.4. The van der Waals surface area contributed by atoms with Gasteiger partial charge in [0.05, 0.1) is 70.8 Å². The van der Waals surface area contributed by atoms with Crippen LogP contribution in [-0.2, 0) is 18.3 Å². The number of H-pyrrole nitrogens is 1. The normalized spacial score (nSPS) is 16.1. The van der Waals surface area contributed by atoms with Crippen molar-refractivity contribution in [1.29, 1.82) is 0 Å². The first-order valence-electron chi connectivity index (χ1n) is 13.0. The average molecular weight is 538 g/mol. The van der Waals surface area contributed by atoms with Crippen LogP contribution in [0.4, 0.5) is 22.9 Å². The molecule has 0 saturated carbocycles. The summed E-state index contributed by atoms with van der Waals surface area (Å²) in [6.45, 7) is 2.11. The third-order valence-electron chi connectivity index (χ3n) is 7.45. The number of pyridine rings is 2. The highest BCUT2D eigenvalue weighted by Gasteiger charge is 2.30. The van der Waals surface area contributed by atoms with Gasteiger partial charge in [0.15, 0.2) is 0 Å². The maximum absolute atomic E-state index is 12.9. The van der Waals surface area contributed by atoms with Crippen LogP contribution in [0.5, 0.6) is 0 Å². The quantitative estimate of drug-likeness (QED) is 0.310. The number of hydrogen-bond donors (Lipinski definition) is 3. The van der Waals surface area contributed by atoms with Crippen molar-refractivity contribution in [2.45, 2.75) is 19.0 Å². The molecule has 1 amide bonds. The number of rotatable bonds is 5. The van der Waals surface area contributed by atoms with Crippen LogP contribution in [-0.4, -0.2) is 55.7 Å². The molecule has 0 bridgehead atoms. The molecule has 2 aliphatic rings. The number of nitrogens with one attached hydrogen (secondary N) is 3. The Morgan fingerprint density at radius 3 is 2.83 bits per heavy atom. The number of para-hydroxylation sites is 1. The van der Waals surface area contributed by atoms with Gasteiger partial charge in [0.25, 0.3) is 11.5 Å². The summed E-state index contributed by atoms with van der Waals surface area (Å²) in [6, 6.07) is 9.68. The summed E-state index contributed by atoms with van der Waals surface area (Å²) in [7, 11) is 3.79. The lowest BCUT2D eigenvalue weighted by Gasteiger charge is -2.31. The van der Waals surface area contributed by atoms with Gasteiger partial charge in [-0.05, 0) is 18.6 Å². The van der Waals surface area contributed by atoms with E-state index in [9.17, 15) is 9.59 Å². The molecule has 5 aromatic rings. The summed E-state index contributed by atoms with van der Waals surface area (Å²) < 4.78 is 9.27. The molecule has 202 valence electrons. The van der Waals surface area contributed by atoms with Gasteiger partial charge in [-0.25, -0.2) is 4.98 Å². The van der Waals surface area contributed by atoms with E-state index in [0.29, 0.717) is 41.1 Å². The number of anilines is 4. The topological polar surface area (TPSA) is 135 Å². The van der Waals surface area contributed by atoms with Crippen molar-refractivity contribution in [1.82, 2.24) is 29.5 Å². The first-order chi connectivity index (χ1) is 19.5. The van der Waals surface area contributed by atoms with E-state index in [-0.39, 0.29) is 17.5 Å². The number of aromatic nitrogens is 6. The number of aryl methyl sites for hydroxylation is 1. The number of ether oxygens (including phenoxy) is 1. The molecule has 3 N–H and O–H groups in total. The fraction of sp³-hybridized carbons (Fsp3) is 0.250. The molecule has 1 aromatic carbocycles. The Kier molecular flexibility index (Phi) is 5.63. The Balaban J connectivity index is 1.29. The smallest absolute Gasteiger partial charge is 0.260 e. The SMILES string of the molecule is CN1Cc2c(cnn2[C@H]2CCOC2)-c2cccc(Nc3cc(NC(=O)c4cnn(C)c4)nc4cc[nH]c(=O)c34)c21. The average Bonchev–Trinajstić information content (AvgIpc) is 3.70. The van der Waals surface area contributed by atoms with Crippen LogP contribution >= 0.6 is 0 Å². The lowest BCUT2D eigenvalue weighted by Crippen LogP contribution is -2.26. The van der Waals surface area contributed by atoms with Gasteiger partial charge in [-0.3, -0.25) is 19.0 Å². The molecule has 12 heteroatoms. The van der Waals surface area contributed by atoms with Gasteiger partial charge in [0.1, 0.15) is 5.82 Å². The van der Waals surface area contributed by atoms with Gasteiger partial charge in [-0.1, -0.05) is 12.1 Å². The van der Waals surface area contributed by atoms with Crippen LogP contribution in [0.15, 0.2) is 59.9 Å². The summed E-state index contributed by atoms with van der Waals surface area (Å²) >= 11 is 0. The molecule has 0 spiro atoms. The molecule has 1 atom stereocenters. The number of fused-ring (bicyclic) bond motifs is 4. The van der Waals surface area contributed by atoms with E-state index in [2.05, 4.69) is 41.3 Å². The van der Waals surface area contributed by atoms with Crippen molar-refractivity contribution in [3.8, 4) is 11.1 Å². The largest absolute Gasteiger partial charge is 0.379 e. The number of hydrogen-bond acceptors (Lipinski definition) is 8. The minimum atomic E-state index is -0.343. The van der Waals surface area contributed by atoms with Gasteiger partial charge in [0.2, 0.25) is 0 Å². The molecule has 0 aliphatic carbocycles. The first kappa shape index (κ1) is 24.1. The van der Waals surface area contributed by atoms with Crippen molar-refractivity contribution in [3.05, 3.63) is 76.7 Å². The Bertz CT molecular complexity index is 1830. The molecule has 1 saturated heterocycles. The van der Waals surface area contributed by atoms with Crippen molar-refractivity contribution >= 4 is 39.7 Å². The van der Waals surface area contributed by atoms with Crippen LogP contribution in [0.3, 0.4) is 0 Å². The summed E-state index contributed by atoms with van der Waals surface area (Å²) in [5.41, 5.74) is 6.23. The zero-order valence-electron chi connectivity index (χ0n) is 22.0. The molecule has 1 fully saturated rings. The highest BCUT2D eigenvalue weighted by molar-refractivity contribution is 6.05. The Labute approximate surface area is 228 Å². The Morgan fingerprint density at radius 2 is 2.02 bits per heavy atom. The second-order valence-corrected chi connectivity index (χ2v) is 10.1. The third-order valence-corrected chi connectivity index (χ3v) is 7.45. The Morgan fingerprint density at radius 1 is 1.12 bits per heavy atom. The number of benzene rings is 1. The molecular formula is C28H27N9O3. The van der Waals surface area contributed by atoms with Gasteiger partial charge < -0.3 is 25.3 Å². The van der Waals surface area contributed by atoms with E-state index in [0.717, 1.165) is 41.2 Å². The van der Waals surface area contributed by atoms with Crippen molar-refractivity contribution in [2.24, 2.45) is 7.05 Å². The molecule has 40 heavy (non-hydrogen) atoms. The number of amides is 1. The minimum absolute atomic E-state index is 0.246. The van der Waals surface area contributed by atoms with Crippen LogP contribution in [0.2, 0.25) is 0 Å². The fourth-order valence-corrected chi connectivity index (χ4v) is 5.60. The highest BCUT2D eigenvalue weighted by Crippen LogP contribution is 2.45. The fourth-order valence-electron chi connectivity index (χ4n) is 5.60. The predicted octanol–water partition coefficient (Wildman–Crippen LogP) is 3.43. The zero-order valence-corrected chi connectivity index (χ0v) is 22.0. The number of carbonyl (C=O) groups is 1. The van der Waals surface area contributed by atoms with E-state index in [4.69, 9.17) is 9.84 Å². The van der Waals surface area contributed by atoms with Crippen molar-refractivity contribution in [3.63, 3.8) is 0 Å². The van der Waals surface area contributed by atoms with Gasteiger partial charge >= 0.3 is 0 Å². The van der Waals surface area contributed by atoms with Gasteiger partial charge in [-0.15, -0.1) is 0 Å². The molecular weight excluding hydrogens is 510 g/mol. The second-order valence-electron chi connectivity index (χ2n) is 10.1. The molecule has 0 unspecified atom stereocenters. The standard InChI is InChI=1S/C28H27N9O3/c1-35-14-23-19(12-31-37(23)17-7-9-40-15-17)18-4-3-5-21(26(18)35)32-22-10-24(33-20-6-8-29-28(39)25(20)22)34-27(38)16-11-30-36(2)13-16/h3-6,8,10-13,17H,7,9,14-15H2,1-2H3,(H,29,39)(H2,32,33,34,38)/t17-/m0/s1. The number of nitrogens with zero attached hydrogens (tertiary/aromatic N) is 6. The molecule has 12 nitrogen and oxygen atoms in total. The van der Waals surface area contributed by atoms with Crippen LogP contribution in [0.25, 0.3) is 22.0 Å². The van der Waals surface area contributed by atoms with Crippen molar-refractivity contribution < 1.29 is 9.53 Å². The van der Waals surface area contributed by atoms with Crippen LogP contribution in [0, 0.1) is 0 Å². The monoisotopic (exact) mass is 537 g/mol. The lowest BCUT2D eigenvalue weighted by molar-refractivity contribution is 0.102. The van der Waals surface area contributed by atoms with E-state index in [1.165, 1.54) is 6.20 Å². The lowest BCUT2D eigenvalue weighted by atomic mass is 9.97. The van der Waals surface area contributed by atoms with Crippen LogP contribution < -0.4 is 21.1 Å². The van der Waals surface area contributed by atoms with E-state index >= 15 is 0 Å². The van der Waals surface area contributed by atoms with E-state index in [1.807, 2.05) is 25.4 Å². The summed E-state index contributed by atoms with van der Waals surface area (Å²) in [4.78, 5) is 35.2. The molecule has 2 aliphatic heterocycles. The molecule has 7 rings (SSSR count). The summed E-state index contributed by atoms with van der Waals surface area (Å²) in [6.07, 6.45) is 7.54. The maximum atomic E-state index is 12.9. The minimum Gasteiger partial charge on any atom is -0.379 e. The summed E-state index contributed by atoms with van der Waals surface area (Å²) in [5, 5.41) is 15.5. The maximum Gasteiger partial charge on any atom is 0.260 e. The van der Waals surface area contributed by atoms with E-state index < -0.39 is 0 Å². The third kappa shape index (κ3) is 4.00. The van der Waals surface area contributed by atoms with Gasteiger partial charge in [0, 0.05) is 50.3 Å².